The first-order valence-electron chi connectivity index (χ1n) is 10.7. The SMILES string of the molecule is C=C/C(=C\C(=C/C)Oc1nc(Oc2cnc3c(c2)ncn3C)nc(C)c1/C(Br)=C(\C)CC)OC. The van der Waals surface area contributed by atoms with Crippen molar-refractivity contribution in [2.45, 2.75) is 34.1 Å². The number of allylic oxidation sites excluding steroid dienone is 4. The van der Waals surface area contributed by atoms with Crippen molar-refractivity contribution in [1.29, 1.82) is 0 Å². The quantitative estimate of drug-likeness (QED) is 0.236. The molecule has 0 N–H and O–H groups in total. The summed E-state index contributed by atoms with van der Waals surface area (Å²) in [6, 6.07) is 1.93. The van der Waals surface area contributed by atoms with Crippen molar-refractivity contribution in [3.8, 4) is 17.6 Å². The molecular weight excluding hydrogens is 498 g/mol. The molecule has 3 aromatic rings. The third-order valence-electron chi connectivity index (χ3n) is 5.12. The topological polar surface area (TPSA) is 84.2 Å². The molecule has 0 bridgehead atoms. The van der Waals surface area contributed by atoms with E-state index < -0.39 is 0 Å². The van der Waals surface area contributed by atoms with Crippen LogP contribution in [0.3, 0.4) is 0 Å². The maximum atomic E-state index is 6.21. The molecule has 178 valence electrons. The molecule has 0 saturated carbocycles. The van der Waals surface area contributed by atoms with Gasteiger partial charge in [-0.2, -0.15) is 9.97 Å². The van der Waals surface area contributed by atoms with Gasteiger partial charge in [0, 0.05) is 23.7 Å². The second-order valence-electron chi connectivity index (χ2n) is 7.44. The van der Waals surface area contributed by atoms with Gasteiger partial charge in [-0.1, -0.05) is 19.1 Å². The molecule has 0 aliphatic rings. The molecule has 3 aromatic heterocycles. The van der Waals surface area contributed by atoms with Crippen LogP contribution in [0.25, 0.3) is 15.6 Å². The number of aryl methyl sites for hydroxylation is 2. The van der Waals surface area contributed by atoms with Crippen molar-refractivity contribution in [1.82, 2.24) is 24.5 Å². The number of ether oxygens (including phenoxy) is 3. The maximum absolute atomic E-state index is 6.21. The predicted molar refractivity (Wildman–Crippen MR) is 137 cm³/mol. The van der Waals surface area contributed by atoms with Gasteiger partial charge in [-0.25, -0.2) is 9.97 Å². The zero-order valence-electron chi connectivity index (χ0n) is 20.2. The smallest absolute Gasteiger partial charge is 0.325 e. The Labute approximate surface area is 207 Å². The van der Waals surface area contributed by atoms with Crippen molar-refractivity contribution < 1.29 is 14.2 Å². The average molecular weight is 526 g/mol. The third-order valence-corrected chi connectivity index (χ3v) is 6.19. The van der Waals surface area contributed by atoms with Crippen LogP contribution in [-0.4, -0.2) is 31.6 Å². The van der Waals surface area contributed by atoms with E-state index in [1.165, 1.54) is 0 Å². The molecule has 0 aromatic carbocycles. The number of methoxy groups -OCH3 is 1. The van der Waals surface area contributed by atoms with E-state index in [2.05, 4.69) is 49.4 Å². The fraction of sp³-hybridized carbons (Fsp3) is 0.280. The first-order valence-corrected chi connectivity index (χ1v) is 11.5. The van der Waals surface area contributed by atoms with Crippen LogP contribution >= 0.6 is 15.9 Å². The molecule has 9 heteroatoms. The number of halogens is 1. The lowest BCUT2D eigenvalue weighted by atomic mass is 10.1. The average Bonchev–Trinajstić information content (AvgIpc) is 3.20. The second kappa shape index (κ2) is 11.1. The Morgan fingerprint density at radius 1 is 1.24 bits per heavy atom. The van der Waals surface area contributed by atoms with Gasteiger partial charge in [0.15, 0.2) is 11.4 Å². The van der Waals surface area contributed by atoms with E-state index in [1.807, 2.05) is 38.5 Å². The van der Waals surface area contributed by atoms with E-state index >= 15 is 0 Å². The summed E-state index contributed by atoms with van der Waals surface area (Å²) in [7, 11) is 3.46. The molecule has 0 fully saturated rings. The fourth-order valence-corrected chi connectivity index (χ4v) is 3.78. The van der Waals surface area contributed by atoms with E-state index in [4.69, 9.17) is 14.2 Å². The minimum atomic E-state index is 0.137. The fourth-order valence-electron chi connectivity index (χ4n) is 3.05. The van der Waals surface area contributed by atoms with Crippen molar-refractivity contribution in [3.05, 3.63) is 71.7 Å². The van der Waals surface area contributed by atoms with Crippen LogP contribution < -0.4 is 9.47 Å². The van der Waals surface area contributed by atoms with Gasteiger partial charge in [-0.3, -0.25) is 0 Å². The Morgan fingerprint density at radius 3 is 2.65 bits per heavy atom. The highest BCUT2D eigenvalue weighted by molar-refractivity contribution is 9.15. The van der Waals surface area contributed by atoms with Crippen LogP contribution in [0.5, 0.6) is 17.6 Å². The third kappa shape index (κ3) is 5.53. The minimum absolute atomic E-state index is 0.137. The number of hydrogen-bond donors (Lipinski definition) is 0. The Morgan fingerprint density at radius 2 is 2.00 bits per heavy atom. The summed E-state index contributed by atoms with van der Waals surface area (Å²) in [5.41, 5.74) is 4.05. The lowest BCUT2D eigenvalue weighted by Crippen LogP contribution is -2.05. The van der Waals surface area contributed by atoms with Crippen LogP contribution in [0.2, 0.25) is 0 Å². The molecule has 0 spiro atoms. The zero-order valence-corrected chi connectivity index (χ0v) is 21.8. The number of imidazole rings is 1. The van der Waals surface area contributed by atoms with Gasteiger partial charge in [0.1, 0.15) is 17.0 Å². The number of hydrogen-bond acceptors (Lipinski definition) is 7. The highest BCUT2D eigenvalue weighted by atomic mass is 79.9. The Kier molecular flexibility index (Phi) is 8.22. The Balaban J connectivity index is 2.07. The summed E-state index contributed by atoms with van der Waals surface area (Å²) in [4.78, 5) is 17.9. The van der Waals surface area contributed by atoms with Gasteiger partial charge in [-0.15, -0.1) is 0 Å². The molecule has 0 unspecified atom stereocenters. The molecule has 8 nitrogen and oxygen atoms in total. The predicted octanol–water partition coefficient (Wildman–Crippen LogP) is 6.39. The summed E-state index contributed by atoms with van der Waals surface area (Å²) in [6.07, 6.45) is 9.32. The van der Waals surface area contributed by atoms with Crippen molar-refractivity contribution >= 4 is 31.6 Å². The van der Waals surface area contributed by atoms with Crippen LogP contribution in [0.4, 0.5) is 0 Å². The second-order valence-corrected chi connectivity index (χ2v) is 8.23. The highest BCUT2D eigenvalue weighted by Gasteiger charge is 2.20. The number of aromatic nitrogens is 5. The van der Waals surface area contributed by atoms with Gasteiger partial charge in [0.25, 0.3) is 0 Å². The first kappa shape index (κ1) is 25.2. The van der Waals surface area contributed by atoms with E-state index in [1.54, 1.807) is 37.9 Å². The van der Waals surface area contributed by atoms with Gasteiger partial charge in [-0.05, 0) is 55.3 Å². The Bertz CT molecular complexity index is 1310. The van der Waals surface area contributed by atoms with Crippen LogP contribution in [0, 0.1) is 6.92 Å². The molecule has 0 amide bonds. The zero-order chi connectivity index (χ0) is 24.8. The minimum Gasteiger partial charge on any atom is -0.497 e. The number of pyridine rings is 1. The molecule has 3 heterocycles. The number of rotatable bonds is 9. The van der Waals surface area contributed by atoms with E-state index in [9.17, 15) is 0 Å². The van der Waals surface area contributed by atoms with Gasteiger partial charge < -0.3 is 18.8 Å². The molecule has 0 atom stereocenters. The monoisotopic (exact) mass is 525 g/mol. The first-order chi connectivity index (χ1) is 16.3. The number of fused-ring (bicyclic) bond motifs is 1. The summed E-state index contributed by atoms with van der Waals surface area (Å²) >= 11 is 3.71. The summed E-state index contributed by atoms with van der Waals surface area (Å²) in [5.74, 6) is 1.92. The van der Waals surface area contributed by atoms with Crippen LogP contribution in [0.15, 0.2) is 60.5 Å². The van der Waals surface area contributed by atoms with Gasteiger partial charge in [0.2, 0.25) is 5.88 Å². The molecule has 34 heavy (non-hydrogen) atoms. The summed E-state index contributed by atoms with van der Waals surface area (Å²) < 4.78 is 20.2. The molecular formula is C25H28BrN5O3. The van der Waals surface area contributed by atoms with Crippen LogP contribution in [0.1, 0.15) is 38.4 Å². The lowest BCUT2D eigenvalue weighted by Gasteiger charge is -2.16. The van der Waals surface area contributed by atoms with Crippen molar-refractivity contribution in [2.24, 2.45) is 7.05 Å². The van der Waals surface area contributed by atoms with Crippen molar-refractivity contribution in [2.75, 3.05) is 7.11 Å². The van der Waals surface area contributed by atoms with Crippen LogP contribution in [-0.2, 0) is 11.8 Å². The van der Waals surface area contributed by atoms with E-state index in [-0.39, 0.29) is 6.01 Å². The Hall–Kier alpha value is -3.46. The molecule has 3 rings (SSSR count). The van der Waals surface area contributed by atoms with E-state index in [0.29, 0.717) is 34.4 Å². The largest absolute Gasteiger partial charge is 0.497 e. The normalized spacial score (nSPS) is 13.0. The summed E-state index contributed by atoms with van der Waals surface area (Å²) in [6.45, 7) is 11.6. The van der Waals surface area contributed by atoms with Gasteiger partial charge >= 0.3 is 6.01 Å². The molecule has 0 aliphatic heterocycles. The standard InChI is InChI=1S/C25H28BrN5O3/c1-8-15(4)22(26)21-16(5)29-25(30-24(21)33-18(10-3)11-17(9-2)32-7)34-19-12-20-23(27-13-19)31(6)14-28-20/h9-14H,2,8H2,1,3-7H3/b17-11+,18-10+,22-15-. The molecule has 0 aliphatic carbocycles. The highest BCUT2D eigenvalue weighted by Crippen LogP contribution is 2.37. The lowest BCUT2D eigenvalue weighted by molar-refractivity contribution is 0.303. The van der Waals surface area contributed by atoms with Gasteiger partial charge in [0.05, 0.1) is 30.9 Å². The molecule has 0 radical (unpaired) electrons. The van der Waals surface area contributed by atoms with E-state index in [0.717, 1.165) is 27.7 Å². The number of nitrogens with zero attached hydrogens (tertiary/aromatic N) is 5. The maximum Gasteiger partial charge on any atom is 0.325 e. The summed E-state index contributed by atoms with van der Waals surface area (Å²) in [5, 5.41) is 0. The van der Waals surface area contributed by atoms with Crippen molar-refractivity contribution in [3.63, 3.8) is 0 Å². The molecule has 0 saturated heterocycles.